The minimum atomic E-state index is -3.69. The van der Waals surface area contributed by atoms with E-state index in [1.807, 2.05) is 4.90 Å². The van der Waals surface area contributed by atoms with Crippen LogP contribution in [0.5, 0.6) is 11.5 Å². The van der Waals surface area contributed by atoms with Crippen molar-refractivity contribution >= 4 is 17.5 Å². The van der Waals surface area contributed by atoms with E-state index in [1.165, 1.54) is 18.2 Å². The summed E-state index contributed by atoms with van der Waals surface area (Å²) < 4.78 is 34.8. The molecule has 1 N–H and O–H groups in total. The lowest BCUT2D eigenvalue weighted by Crippen LogP contribution is -2.35. The van der Waals surface area contributed by atoms with Gasteiger partial charge in [-0.25, -0.2) is 0 Å². The van der Waals surface area contributed by atoms with Crippen LogP contribution in [0.2, 0.25) is 0 Å². The molecule has 0 radical (unpaired) electrons. The Hall–Kier alpha value is -2.38. The Morgan fingerprint density at radius 1 is 1.20 bits per heavy atom. The van der Waals surface area contributed by atoms with Crippen LogP contribution in [0.25, 0.3) is 0 Å². The van der Waals surface area contributed by atoms with E-state index in [2.05, 4.69) is 14.8 Å². The normalized spacial score (nSPS) is 24.8. The van der Waals surface area contributed by atoms with Gasteiger partial charge in [-0.1, -0.05) is 12.8 Å². The second-order valence-corrected chi connectivity index (χ2v) is 6.70. The fraction of sp³-hybridized carbons (Fsp3) is 0.529. The first kappa shape index (κ1) is 16.1. The van der Waals surface area contributed by atoms with Gasteiger partial charge in [0.25, 0.3) is 0 Å². The molecule has 1 aromatic rings. The zero-order chi connectivity index (χ0) is 17.6. The van der Waals surface area contributed by atoms with Crippen molar-refractivity contribution in [3.8, 4) is 11.5 Å². The Morgan fingerprint density at radius 2 is 1.92 bits per heavy atom. The van der Waals surface area contributed by atoms with Crippen LogP contribution < -0.4 is 14.8 Å². The number of rotatable bonds is 3. The molecular formula is C17H18F2N2O4. The molecule has 134 valence electrons. The molecule has 1 saturated heterocycles. The summed E-state index contributed by atoms with van der Waals surface area (Å²) in [4.78, 5) is 26.4. The van der Waals surface area contributed by atoms with Crippen molar-refractivity contribution in [1.29, 1.82) is 0 Å². The van der Waals surface area contributed by atoms with E-state index in [0.29, 0.717) is 12.2 Å². The number of nitrogens with one attached hydrogen (secondary N) is 1. The molecule has 1 aliphatic carbocycles. The smallest absolute Gasteiger partial charge is 0.395 e. The number of hydrogen-bond donors (Lipinski definition) is 1. The SMILES string of the molecule is O=C(Nc1ccc2c(c1)OC(F)(F)O2)[C@H]1CC(=O)N(C2CCCC2)C1. The molecule has 4 rings (SSSR count). The number of amides is 2. The van der Waals surface area contributed by atoms with Crippen molar-refractivity contribution in [2.75, 3.05) is 11.9 Å². The number of anilines is 1. The lowest BCUT2D eigenvalue weighted by molar-refractivity contribution is -0.286. The number of halogens is 2. The molecule has 8 heteroatoms. The van der Waals surface area contributed by atoms with E-state index >= 15 is 0 Å². The van der Waals surface area contributed by atoms with Crippen molar-refractivity contribution in [3.63, 3.8) is 0 Å². The maximum Gasteiger partial charge on any atom is 0.586 e. The molecule has 0 aromatic heterocycles. The maximum absolute atomic E-state index is 13.0. The van der Waals surface area contributed by atoms with Crippen molar-refractivity contribution in [3.05, 3.63) is 18.2 Å². The van der Waals surface area contributed by atoms with E-state index < -0.39 is 12.2 Å². The fourth-order valence-electron chi connectivity index (χ4n) is 3.75. The molecule has 2 amide bonds. The topological polar surface area (TPSA) is 67.9 Å². The van der Waals surface area contributed by atoms with Crippen LogP contribution in [0.1, 0.15) is 32.1 Å². The fourth-order valence-corrected chi connectivity index (χ4v) is 3.75. The third-order valence-corrected chi connectivity index (χ3v) is 4.96. The van der Waals surface area contributed by atoms with Crippen LogP contribution in [0.3, 0.4) is 0 Å². The summed E-state index contributed by atoms with van der Waals surface area (Å²) in [6.45, 7) is 0.415. The predicted octanol–water partition coefficient (Wildman–Crippen LogP) is 2.74. The van der Waals surface area contributed by atoms with Gasteiger partial charge in [0.05, 0.1) is 5.92 Å². The molecule has 0 unspecified atom stereocenters. The summed E-state index contributed by atoms with van der Waals surface area (Å²) in [6.07, 6.45) is 0.725. The first-order valence-electron chi connectivity index (χ1n) is 8.41. The highest BCUT2D eigenvalue weighted by Crippen LogP contribution is 2.42. The third-order valence-electron chi connectivity index (χ3n) is 4.96. The molecular weight excluding hydrogens is 334 g/mol. The minimum Gasteiger partial charge on any atom is -0.395 e. The van der Waals surface area contributed by atoms with E-state index in [4.69, 9.17) is 0 Å². The van der Waals surface area contributed by atoms with Crippen LogP contribution in [0, 0.1) is 5.92 Å². The summed E-state index contributed by atoms with van der Waals surface area (Å²) >= 11 is 0. The van der Waals surface area contributed by atoms with Gasteiger partial charge < -0.3 is 19.7 Å². The molecule has 3 aliphatic rings. The van der Waals surface area contributed by atoms with Crippen molar-refractivity contribution in [2.45, 2.75) is 44.4 Å². The molecule has 0 bridgehead atoms. The highest BCUT2D eigenvalue weighted by molar-refractivity contribution is 5.97. The molecule has 2 aliphatic heterocycles. The van der Waals surface area contributed by atoms with Crippen LogP contribution in [0.15, 0.2) is 18.2 Å². The number of hydrogen-bond acceptors (Lipinski definition) is 4. The minimum absolute atomic E-state index is 0.0115. The van der Waals surface area contributed by atoms with Crippen LogP contribution in [-0.4, -0.2) is 35.6 Å². The average Bonchev–Trinajstić information content (AvgIpc) is 3.23. The van der Waals surface area contributed by atoms with Gasteiger partial charge in [0.15, 0.2) is 11.5 Å². The molecule has 2 heterocycles. The van der Waals surface area contributed by atoms with Crippen molar-refractivity contribution in [2.24, 2.45) is 5.92 Å². The summed E-state index contributed by atoms with van der Waals surface area (Å²) in [5.41, 5.74) is 0.330. The van der Waals surface area contributed by atoms with Gasteiger partial charge in [0, 0.05) is 30.8 Å². The second kappa shape index (κ2) is 5.86. The summed E-state index contributed by atoms with van der Waals surface area (Å²) in [7, 11) is 0. The number of benzene rings is 1. The highest BCUT2D eigenvalue weighted by atomic mass is 19.3. The monoisotopic (exact) mass is 352 g/mol. The van der Waals surface area contributed by atoms with E-state index in [9.17, 15) is 18.4 Å². The van der Waals surface area contributed by atoms with E-state index in [1.54, 1.807) is 0 Å². The predicted molar refractivity (Wildman–Crippen MR) is 83.4 cm³/mol. The zero-order valence-electron chi connectivity index (χ0n) is 13.5. The van der Waals surface area contributed by atoms with Crippen LogP contribution in [-0.2, 0) is 9.59 Å². The summed E-state index contributed by atoms with van der Waals surface area (Å²) in [6, 6.07) is 4.32. The number of nitrogens with zero attached hydrogens (tertiary/aromatic N) is 1. The first-order chi connectivity index (χ1) is 11.9. The standard InChI is InChI=1S/C17H18F2N2O4/c18-17(19)24-13-6-5-11(8-14(13)25-17)20-16(23)10-7-15(22)21(9-10)12-3-1-2-4-12/h5-6,8,10,12H,1-4,7,9H2,(H,20,23)/t10-/m0/s1. The molecule has 1 atom stereocenters. The van der Waals surface area contributed by atoms with Gasteiger partial charge in [0.1, 0.15) is 0 Å². The molecule has 6 nitrogen and oxygen atoms in total. The Labute approximate surface area is 143 Å². The molecule has 1 aromatic carbocycles. The van der Waals surface area contributed by atoms with E-state index in [0.717, 1.165) is 25.7 Å². The summed E-state index contributed by atoms with van der Waals surface area (Å²) in [5.74, 6) is -0.916. The van der Waals surface area contributed by atoms with Gasteiger partial charge in [0.2, 0.25) is 11.8 Å². The molecule has 1 saturated carbocycles. The maximum atomic E-state index is 13.0. The summed E-state index contributed by atoms with van der Waals surface area (Å²) in [5, 5.41) is 2.67. The largest absolute Gasteiger partial charge is 0.586 e. The second-order valence-electron chi connectivity index (χ2n) is 6.70. The first-order valence-corrected chi connectivity index (χ1v) is 8.41. The molecule has 25 heavy (non-hydrogen) atoms. The number of ether oxygens (including phenoxy) is 2. The van der Waals surface area contributed by atoms with Gasteiger partial charge in [-0.15, -0.1) is 8.78 Å². The number of likely N-dealkylation sites (tertiary alicyclic amines) is 1. The van der Waals surface area contributed by atoms with Crippen molar-refractivity contribution in [1.82, 2.24) is 4.90 Å². The van der Waals surface area contributed by atoms with Crippen molar-refractivity contribution < 1.29 is 27.8 Å². The molecule has 0 spiro atoms. The van der Waals surface area contributed by atoms with Crippen LogP contribution >= 0.6 is 0 Å². The van der Waals surface area contributed by atoms with Gasteiger partial charge in [-0.05, 0) is 25.0 Å². The Morgan fingerprint density at radius 3 is 2.68 bits per heavy atom. The quantitative estimate of drug-likeness (QED) is 0.908. The van der Waals surface area contributed by atoms with Gasteiger partial charge in [-0.3, -0.25) is 9.59 Å². The number of carbonyl (C=O) groups is 2. The van der Waals surface area contributed by atoms with Gasteiger partial charge >= 0.3 is 6.29 Å². The Bertz CT molecular complexity index is 719. The Balaban J connectivity index is 1.40. The zero-order valence-corrected chi connectivity index (χ0v) is 13.5. The average molecular weight is 352 g/mol. The van der Waals surface area contributed by atoms with Crippen LogP contribution in [0.4, 0.5) is 14.5 Å². The Kier molecular flexibility index (Phi) is 3.77. The highest BCUT2D eigenvalue weighted by Gasteiger charge is 2.43. The van der Waals surface area contributed by atoms with E-state index in [-0.39, 0.29) is 35.8 Å². The lowest BCUT2D eigenvalue weighted by Gasteiger charge is -2.23. The number of fused-ring (bicyclic) bond motifs is 1. The molecule has 2 fully saturated rings. The number of alkyl halides is 2. The lowest BCUT2D eigenvalue weighted by atomic mass is 10.1. The third kappa shape index (κ3) is 3.12. The number of carbonyl (C=O) groups excluding carboxylic acids is 2. The van der Waals surface area contributed by atoms with Gasteiger partial charge in [-0.2, -0.15) is 0 Å².